The van der Waals surface area contributed by atoms with Crippen LogP contribution in [0.4, 0.5) is 0 Å². The summed E-state index contributed by atoms with van der Waals surface area (Å²) in [6.07, 6.45) is 0. The van der Waals surface area contributed by atoms with Gasteiger partial charge in [0.2, 0.25) is 17.7 Å². The van der Waals surface area contributed by atoms with Crippen LogP contribution in [0.5, 0.6) is 5.75 Å². The van der Waals surface area contributed by atoms with E-state index in [1.807, 2.05) is 0 Å². The normalized spacial score (nSPS) is 25.2. The number of thioether (sulfide) groups is 1. The van der Waals surface area contributed by atoms with E-state index in [1.165, 1.54) is 28.5 Å². The Kier molecular flexibility index (Phi) is 5.11. The second-order valence-electron chi connectivity index (χ2n) is 7.60. The number of nitrogens with zero attached hydrogens (tertiary/aromatic N) is 2. The molecular formula is C20H19N3O6S2. The zero-order valence-electron chi connectivity index (χ0n) is 16.3. The average Bonchev–Trinajstić information content (AvgIpc) is 3.23. The van der Waals surface area contributed by atoms with Crippen molar-refractivity contribution in [3.05, 3.63) is 44.4 Å². The molecule has 3 aliphatic rings. The van der Waals surface area contributed by atoms with Crippen molar-refractivity contribution < 1.29 is 24.2 Å². The van der Waals surface area contributed by atoms with Crippen LogP contribution in [0.1, 0.15) is 16.4 Å². The fourth-order valence-electron chi connectivity index (χ4n) is 4.26. The number of amides is 3. The highest BCUT2D eigenvalue weighted by Crippen LogP contribution is 2.51. The number of thiazole rings is 1. The van der Waals surface area contributed by atoms with Crippen LogP contribution in [-0.4, -0.2) is 63.8 Å². The first-order chi connectivity index (χ1) is 14.9. The number of phenols is 1. The van der Waals surface area contributed by atoms with Gasteiger partial charge in [-0.1, -0.05) is 35.2 Å². The van der Waals surface area contributed by atoms with Gasteiger partial charge in [-0.15, -0.1) is 0 Å². The number of carbonyl (C=O) groups excluding carboxylic acids is 3. The van der Waals surface area contributed by atoms with E-state index in [0.29, 0.717) is 36.2 Å². The van der Waals surface area contributed by atoms with Crippen LogP contribution in [0.25, 0.3) is 0 Å². The highest BCUT2D eigenvalue weighted by atomic mass is 32.2. The van der Waals surface area contributed by atoms with Crippen molar-refractivity contribution in [2.24, 2.45) is 5.92 Å². The molecule has 3 amide bonds. The Labute approximate surface area is 185 Å². The molecule has 4 heterocycles. The molecule has 11 heteroatoms. The van der Waals surface area contributed by atoms with Gasteiger partial charge >= 0.3 is 4.87 Å². The Hall–Kier alpha value is -2.63. The van der Waals surface area contributed by atoms with Crippen LogP contribution in [0.3, 0.4) is 0 Å². The van der Waals surface area contributed by atoms with Gasteiger partial charge in [0.1, 0.15) is 17.5 Å². The van der Waals surface area contributed by atoms with Gasteiger partial charge in [-0.25, -0.2) is 0 Å². The molecule has 0 bridgehead atoms. The summed E-state index contributed by atoms with van der Waals surface area (Å²) in [5.41, 5.74) is 0.729. The zero-order valence-corrected chi connectivity index (χ0v) is 17.9. The highest BCUT2D eigenvalue weighted by Gasteiger charge is 2.52. The number of morpholine rings is 1. The van der Waals surface area contributed by atoms with Crippen molar-refractivity contribution in [2.75, 3.05) is 26.3 Å². The average molecular weight is 462 g/mol. The molecule has 3 atom stereocenters. The molecular weight excluding hydrogens is 442 g/mol. The summed E-state index contributed by atoms with van der Waals surface area (Å²) >= 11 is 2.17. The SMILES string of the molecule is O=C1NC(=O)C2C1Sc1c(sc(=O)n1CC(=O)N1CCOCC1)C2c1ccc(O)cc1. The maximum Gasteiger partial charge on any atom is 0.308 e. The second kappa shape index (κ2) is 7.81. The van der Waals surface area contributed by atoms with Crippen molar-refractivity contribution in [2.45, 2.75) is 22.7 Å². The summed E-state index contributed by atoms with van der Waals surface area (Å²) in [5.74, 6) is -2.02. The maximum atomic E-state index is 12.9. The number of aromatic hydroxyl groups is 1. The number of imide groups is 1. The van der Waals surface area contributed by atoms with E-state index in [1.54, 1.807) is 17.0 Å². The number of hydrogen-bond donors (Lipinski definition) is 2. The van der Waals surface area contributed by atoms with E-state index in [-0.39, 0.29) is 34.9 Å². The van der Waals surface area contributed by atoms with Crippen LogP contribution in [0.15, 0.2) is 34.1 Å². The molecule has 2 N–H and O–H groups in total. The fraction of sp³-hybridized carbons (Fsp3) is 0.400. The number of carbonyl (C=O) groups is 3. The summed E-state index contributed by atoms with van der Waals surface area (Å²) in [4.78, 5) is 52.8. The number of fused-ring (bicyclic) bond motifs is 2. The lowest BCUT2D eigenvalue weighted by atomic mass is 9.83. The molecule has 9 nitrogen and oxygen atoms in total. The van der Waals surface area contributed by atoms with E-state index in [9.17, 15) is 24.3 Å². The minimum atomic E-state index is -0.683. The third-order valence-electron chi connectivity index (χ3n) is 5.80. The monoisotopic (exact) mass is 461 g/mol. The zero-order chi connectivity index (χ0) is 21.7. The molecule has 31 heavy (non-hydrogen) atoms. The lowest BCUT2D eigenvalue weighted by Gasteiger charge is -2.31. The Morgan fingerprint density at radius 1 is 1.13 bits per heavy atom. The standard InChI is InChI=1S/C20H19N3O6S2/c24-11-3-1-10(2-4-11)13-14-15(18(27)21-17(14)26)30-19-16(13)31-20(28)23(19)9-12(25)22-5-7-29-8-6-22/h1-4,13-15,24H,5-9H2,(H,21,26,27). The fourth-order valence-corrected chi connectivity index (χ4v) is 7.00. The molecule has 3 unspecified atom stereocenters. The molecule has 1 aromatic carbocycles. The van der Waals surface area contributed by atoms with E-state index in [2.05, 4.69) is 5.32 Å². The first kappa shape index (κ1) is 20.3. The van der Waals surface area contributed by atoms with Crippen molar-refractivity contribution in [3.8, 4) is 5.75 Å². The summed E-state index contributed by atoms with van der Waals surface area (Å²) in [5, 5.41) is 11.9. The quantitative estimate of drug-likeness (QED) is 0.634. The lowest BCUT2D eigenvalue weighted by molar-refractivity contribution is -0.136. The van der Waals surface area contributed by atoms with Crippen LogP contribution < -0.4 is 10.2 Å². The second-order valence-corrected chi connectivity index (χ2v) is 9.73. The Balaban J connectivity index is 1.56. The Morgan fingerprint density at radius 3 is 2.55 bits per heavy atom. The van der Waals surface area contributed by atoms with E-state index in [0.717, 1.165) is 16.9 Å². The first-order valence-electron chi connectivity index (χ1n) is 9.83. The molecule has 3 aliphatic heterocycles. The predicted octanol–water partition coefficient (Wildman–Crippen LogP) is 0.353. The molecule has 0 spiro atoms. The Morgan fingerprint density at radius 2 is 1.84 bits per heavy atom. The molecule has 162 valence electrons. The van der Waals surface area contributed by atoms with Crippen LogP contribution in [-0.2, 0) is 25.7 Å². The van der Waals surface area contributed by atoms with Crippen LogP contribution >= 0.6 is 23.1 Å². The third kappa shape index (κ3) is 3.46. The number of phenolic OH excluding ortho intramolecular Hbond substituents is 1. The number of ether oxygens (including phenoxy) is 1. The van der Waals surface area contributed by atoms with E-state index in [4.69, 9.17) is 4.74 Å². The third-order valence-corrected chi connectivity index (χ3v) is 8.41. The Bertz CT molecular complexity index is 1120. The molecule has 0 radical (unpaired) electrons. The summed E-state index contributed by atoms with van der Waals surface area (Å²) < 4.78 is 6.70. The van der Waals surface area contributed by atoms with E-state index < -0.39 is 17.1 Å². The van der Waals surface area contributed by atoms with Crippen molar-refractivity contribution in [3.63, 3.8) is 0 Å². The summed E-state index contributed by atoms with van der Waals surface area (Å²) in [6, 6.07) is 6.42. The lowest BCUT2D eigenvalue weighted by Crippen LogP contribution is -2.43. The predicted molar refractivity (Wildman–Crippen MR) is 112 cm³/mol. The summed E-state index contributed by atoms with van der Waals surface area (Å²) in [7, 11) is 0. The first-order valence-corrected chi connectivity index (χ1v) is 11.5. The molecule has 0 saturated carbocycles. The molecule has 1 aromatic heterocycles. The minimum Gasteiger partial charge on any atom is -0.508 e. The molecule has 0 aliphatic carbocycles. The van der Waals surface area contributed by atoms with Crippen molar-refractivity contribution >= 4 is 40.8 Å². The number of aromatic nitrogens is 1. The largest absolute Gasteiger partial charge is 0.508 e. The van der Waals surface area contributed by atoms with Gasteiger partial charge in [-0.05, 0) is 17.7 Å². The minimum absolute atomic E-state index is 0.0829. The van der Waals surface area contributed by atoms with Gasteiger partial charge in [0, 0.05) is 23.9 Å². The number of nitrogens with one attached hydrogen (secondary N) is 1. The van der Waals surface area contributed by atoms with Crippen molar-refractivity contribution in [1.29, 1.82) is 0 Å². The molecule has 2 fully saturated rings. The highest BCUT2D eigenvalue weighted by molar-refractivity contribution is 8.00. The van der Waals surface area contributed by atoms with Gasteiger partial charge in [0.25, 0.3) is 0 Å². The smallest absolute Gasteiger partial charge is 0.308 e. The van der Waals surface area contributed by atoms with Gasteiger partial charge in [-0.3, -0.25) is 29.1 Å². The van der Waals surface area contributed by atoms with Crippen LogP contribution in [0.2, 0.25) is 0 Å². The molecule has 2 saturated heterocycles. The number of hydrogen-bond acceptors (Lipinski definition) is 8. The number of rotatable bonds is 3. The molecule has 2 aromatic rings. The maximum absolute atomic E-state index is 12.9. The topological polar surface area (TPSA) is 118 Å². The van der Waals surface area contributed by atoms with Gasteiger partial charge in [0.05, 0.1) is 24.2 Å². The van der Waals surface area contributed by atoms with Gasteiger partial charge in [-0.2, -0.15) is 0 Å². The van der Waals surface area contributed by atoms with E-state index >= 15 is 0 Å². The molecule has 5 rings (SSSR count). The van der Waals surface area contributed by atoms with Crippen molar-refractivity contribution in [1.82, 2.24) is 14.8 Å². The summed E-state index contributed by atoms with van der Waals surface area (Å²) in [6.45, 7) is 1.76. The van der Waals surface area contributed by atoms with Crippen LogP contribution in [0, 0.1) is 5.92 Å². The van der Waals surface area contributed by atoms with Gasteiger partial charge < -0.3 is 14.7 Å². The number of benzene rings is 1. The van der Waals surface area contributed by atoms with Gasteiger partial charge in [0.15, 0.2) is 0 Å².